The highest BCUT2D eigenvalue weighted by Crippen LogP contribution is 2.28. The fraction of sp³-hybridized carbons (Fsp3) is 0.312. The van der Waals surface area contributed by atoms with Gasteiger partial charge in [-0.25, -0.2) is 0 Å². The zero-order chi connectivity index (χ0) is 25.5. The lowest BCUT2D eigenvalue weighted by atomic mass is 9.85. The van der Waals surface area contributed by atoms with Gasteiger partial charge in [-0.2, -0.15) is 0 Å². The van der Waals surface area contributed by atoms with Crippen molar-refractivity contribution in [1.29, 1.82) is 0 Å². The Hall–Kier alpha value is -3.66. The van der Waals surface area contributed by atoms with E-state index in [9.17, 15) is 9.59 Å². The number of aromatic nitrogens is 1. The van der Waals surface area contributed by atoms with Crippen LogP contribution < -0.4 is 5.32 Å². The molecule has 0 aliphatic carbocycles. The average molecular weight is 481 g/mol. The summed E-state index contributed by atoms with van der Waals surface area (Å²) in [6.45, 7) is 6.37. The Kier molecular flexibility index (Phi) is 8.37. The molecule has 0 saturated carbocycles. The third-order valence-corrected chi connectivity index (χ3v) is 7.15. The van der Waals surface area contributed by atoms with Gasteiger partial charge in [0.1, 0.15) is 5.78 Å². The Labute approximate surface area is 214 Å². The summed E-state index contributed by atoms with van der Waals surface area (Å²) in [5.74, 6) is 0.254. The summed E-state index contributed by atoms with van der Waals surface area (Å²) >= 11 is 0. The van der Waals surface area contributed by atoms with Crippen molar-refractivity contribution in [3.8, 4) is 0 Å². The van der Waals surface area contributed by atoms with Gasteiger partial charge in [0.2, 0.25) is 5.91 Å². The molecule has 0 aliphatic heterocycles. The lowest BCUT2D eigenvalue weighted by Crippen LogP contribution is -2.23. The summed E-state index contributed by atoms with van der Waals surface area (Å²) in [5, 5.41) is 4.21. The van der Waals surface area contributed by atoms with Gasteiger partial charge < -0.3 is 10.3 Å². The molecule has 2 unspecified atom stereocenters. The molecule has 4 heteroatoms. The molecule has 0 aliphatic rings. The number of anilines is 1. The number of aromatic amines is 1. The highest BCUT2D eigenvalue weighted by molar-refractivity contribution is 5.96. The summed E-state index contributed by atoms with van der Waals surface area (Å²) in [6.07, 6.45) is 4.42. The molecule has 4 nitrogen and oxygen atoms in total. The lowest BCUT2D eigenvalue weighted by Gasteiger charge is -2.20. The predicted molar refractivity (Wildman–Crippen MR) is 148 cm³/mol. The maximum atomic E-state index is 13.4. The van der Waals surface area contributed by atoms with Crippen LogP contribution in [0.5, 0.6) is 0 Å². The molecular formula is C32H36N2O2. The summed E-state index contributed by atoms with van der Waals surface area (Å²) in [4.78, 5) is 29.9. The van der Waals surface area contributed by atoms with Crippen LogP contribution in [0.2, 0.25) is 0 Å². The largest absolute Gasteiger partial charge is 0.361 e. The van der Waals surface area contributed by atoms with E-state index in [1.807, 2.05) is 66.9 Å². The van der Waals surface area contributed by atoms with Gasteiger partial charge in [-0.15, -0.1) is 0 Å². The first kappa shape index (κ1) is 25.4. The second-order valence-corrected chi connectivity index (χ2v) is 9.91. The first-order chi connectivity index (χ1) is 17.5. The van der Waals surface area contributed by atoms with Crippen LogP contribution in [-0.4, -0.2) is 16.7 Å². The first-order valence-electron chi connectivity index (χ1n) is 13.0. The number of ketones is 1. The van der Waals surface area contributed by atoms with Gasteiger partial charge in [-0.3, -0.25) is 9.59 Å². The van der Waals surface area contributed by atoms with Gasteiger partial charge in [-0.05, 0) is 60.1 Å². The van der Waals surface area contributed by atoms with Crippen LogP contribution in [0.1, 0.15) is 68.6 Å². The lowest BCUT2D eigenvalue weighted by molar-refractivity contribution is -0.123. The number of carbonyl (C=O) groups excluding carboxylic acids is 2. The van der Waals surface area contributed by atoms with Crippen molar-refractivity contribution in [2.24, 2.45) is 5.92 Å². The van der Waals surface area contributed by atoms with Crippen molar-refractivity contribution < 1.29 is 9.59 Å². The monoisotopic (exact) mass is 480 g/mol. The van der Waals surface area contributed by atoms with Crippen molar-refractivity contribution in [3.63, 3.8) is 0 Å². The fourth-order valence-corrected chi connectivity index (χ4v) is 4.89. The minimum Gasteiger partial charge on any atom is -0.361 e. The maximum Gasteiger partial charge on any atom is 0.231 e. The van der Waals surface area contributed by atoms with Gasteiger partial charge in [0, 0.05) is 35.1 Å². The van der Waals surface area contributed by atoms with Gasteiger partial charge in [0.05, 0.1) is 5.92 Å². The van der Waals surface area contributed by atoms with E-state index < -0.39 is 0 Å². The minimum absolute atomic E-state index is 0.0302. The molecule has 0 saturated heterocycles. The molecule has 4 rings (SSSR count). The molecule has 1 amide bonds. The minimum atomic E-state index is -0.314. The van der Waals surface area contributed by atoms with Gasteiger partial charge in [-0.1, -0.05) is 81.4 Å². The third-order valence-electron chi connectivity index (χ3n) is 7.15. The molecule has 0 radical (unpaired) electrons. The quantitative estimate of drug-likeness (QED) is 0.232. The number of para-hydroxylation sites is 1. The van der Waals surface area contributed by atoms with Crippen molar-refractivity contribution >= 4 is 28.3 Å². The molecule has 2 atom stereocenters. The van der Waals surface area contributed by atoms with Gasteiger partial charge in [0.15, 0.2) is 0 Å². The molecule has 0 spiro atoms. The van der Waals surface area contributed by atoms with Crippen LogP contribution in [-0.2, 0) is 16.0 Å². The Morgan fingerprint density at radius 1 is 0.833 bits per heavy atom. The topological polar surface area (TPSA) is 62.0 Å². The van der Waals surface area contributed by atoms with E-state index in [2.05, 4.69) is 49.3 Å². The zero-order valence-corrected chi connectivity index (χ0v) is 21.5. The number of carbonyl (C=O) groups is 2. The van der Waals surface area contributed by atoms with E-state index in [1.54, 1.807) is 0 Å². The Bertz CT molecular complexity index is 1290. The van der Waals surface area contributed by atoms with Crippen LogP contribution in [0.15, 0.2) is 85.1 Å². The fourth-order valence-electron chi connectivity index (χ4n) is 4.89. The summed E-state index contributed by atoms with van der Waals surface area (Å²) in [5.41, 5.74) is 5.11. The number of fused-ring (bicyclic) bond motifs is 1. The third kappa shape index (κ3) is 6.12. The number of H-pyrrole nitrogens is 1. The van der Waals surface area contributed by atoms with Crippen LogP contribution in [0, 0.1) is 5.92 Å². The highest BCUT2D eigenvalue weighted by Gasteiger charge is 2.25. The van der Waals surface area contributed by atoms with Crippen LogP contribution >= 0.6 is 0 Å². The number of benzene rings is 3. The standard InChI is InChI=1S/C32H36N2O2/c1-4-23(31(35)20-26-21-33-30-13-9-8-12-28(26)30)16-19-29(25-10-6-5-7-11-25)32(36)34-27-17-14-24(15-18-27)22(2)3/h5-15,17-18,21-23,29,33H,4,16,19-20H2,1-3H3,(H,34,36). The zero-order valence-electron chi connectivity index (χ0n) is 21.5. The number of amides is 1. The summed E-state index contributed by atoms with van der Waals surface area (Å²) < 4.78 is 0. The Balaban J connectivity index is 1.45. The molecule has 1 heterocycles. The Morgan fingerprint density at radius 3 is 2.22 bits per heavy atom. The molecule has 3 aromatic carbocycles. The second kappa shape index (κ2) is 11.9. The number of rotatable bonds is 11. The van der Waals surface area contributed by atoms with Crippen molar-refractivity contribution in [1.82, 2.24) is 4.98 Å². The van der Waals surface area contributed by atoms with E-state index in [4.69, 9.17) is 0 Å². The number of nitrogens with one attached hydrogen (secondary N) is 2. The maximum absolute atomic E-state index is 13.4. The molecule has 36 heavy (non-hydrogen) atoms. The Morgan fingerprint density at radius 2 is 1.53 bits per heavy atom. The van der Waals surface area contributed by atoms with E-state index in [-0.39, 0.29) is 23.5 Å². The summed E-state index contributed by atoms with van der Waals surface area (Å²) in [7, 11) is 0. The number of hydrogen-bond donors (Lipinski definition) is 2. The van der Waals surface area contributed by atoms with Crippen LogP contribution in [0.3, 0.4) is 0 Å². The number of hydrogen-bond acceptors (Lipinski definition) is 2. The van der Waals surface area contributed by atoms with E-state index >= 15 is 0 Å². The average Bonchev–Trinajstić information content (AvgIpc) is 3.30. The summed E-state index contributed by atoms with van der Waals surface area (Å²) in [6, 6.07) is 26.0. The first-order valence-corrected chi connectivity index (χ1v) is 13.0. The molecule has 0 bridgehead atoms. The van der Waals surface area contributed by atoms with Crippen LogP contribution in [0.4, 0.5) is 5.69 Å². The van der Waals surface area contributed by atoms with Crippen molar-refractivity contribution in [3.05, 3.63) is 102 Å². The van der Waals surface area contributed by atoms with Crippen molar-refractivity contribution in [2.75, 3.05) is 5.32 Å². The molecule has 2 N–H and O–H groups in total. The van der Waals surface area contributed by atoms with Gasteiger partial charge >= 0.3 is 0 Å². The molecule has 186 valence electrons. The van der Waals surface area contributed by atoms with E-state index in [1.165, 1.54) is 5.56 Å². The SMILES string of the molecule is CCC(CCC(C(=O)Nc1ccc(C(C)C)cc1)c1ccccc1)C(=O)Cc1c[nH]c2ccccc12. The normalized spacial score (nSPS) is 13.0. The molecule has 1 aromatic heterocycles. The van der Waals surface area contributed by atoms with Crippen molar-refractivity contribution in [2.45, 2.75) is 58.3 Å². The smallest absolute Gasteiger partial charge is 0.231 e. The molecule has 0 fully saturated rings. The van der Waals surface area contributed by atoms with E-state index in [0.717, 1.165) is 34.1 Å². The second-order valence-electron chi connectivity index (χ2n) is 9.91. The molecule has 4 aromatic rings. The highest BCUT2D eigenvalue weighted by atomic mass is 16.2. The van der Waals surface area contributed by atoms with Gasteiger partial charge in [0.25, 0.3) is 0 Å². The van der Waals surface area contributed by atoms with E-state index in [0.29, 0.717) is 25.2 Å². The predicted octanol–water partition coefficient (Wildman–Crippen LogP) is 7.63. The van der Waals surface area contributed by atoms with Crippen LogP contribution in [0.25, 0.3) is 10.9 Å². The molecular weight excluding hydrogens is 444 g/mol. The number of Topliss-reactive ketones (excluding diaryl/α,β-unsaturated/α-hetero) is 1.